The number of benzene rings is 2. The maximum Gasteiger partial charge on any atom is 0.288 e. The van der Waals surface area contributed by atoms with Crippen molar-refractivity contribution in [3.05, 3.63) is 59.3 Å². The van der Waals surface area contributed by atoms with E-state index in [4.69, 9.17) is 0 Å². The van der Waals surface area contributed by atoms with E-state index in [0.717, 1.165) is 22.2 Å². The highest BCUT2D eigenvalue weighted by Crippen LogP contribution is 2.32. The number of anilines is 1. The maximum atomic E-state index is 12.6. The number of amides is 1. The van der Waals surface area contributed by atoms with Gasteiger partial charge in [-0.2, -0.15) is 8.78 Å². The number of para-hydroxylation sites is 1. The molecule has 0 fully saturated rings. The number of H-pyrrole nitrogens is 1. The number of carbonyl (C=O) groups excluding carboxylic acids is 1. The first kappa shape index (κ1) is 16.5. The molecule has 1 aromatic heterocycles. The van der Waals surface area contributed by atoms with E-state index < -0.39 is 5.76 Å². The number of aromatic nitrogens is 1. The normalized spacial score (nSPS) is 11.2. The zero-order chi connectivity index (χ0) is 17.3. The van der Waals surface area contributed by atoms with Gasteiger partial charge in [0, 0.05) is 27.1 Å². The topological polar surface area (TPSA) is 44.9 Å². The highest BCUT2D eigenvalue weighted by atomic mass is 32.2. The van der Waals surface area contributed by atoms with Gasteiger partial charge in [-0.05, 0) is 49.7 Å². The van der Waals surface area contributed by atoms with E-state index >= 15 is 0 Å². The fourth-order valence-corrected chi connectivity index (χ4v) is 3.16. The summed E-state index contributed by atoms with van der Waals surface area (Å²) in [5.41, 5.74) is 3.99. The molecule has 0 unspecified atom stereocenters. The van der Waals surface area contributed by atoms with Crippen LogP contribution in [0.2, 0.25) is 0 Å². The van der Waals surface area contributed by atoms with E-state index in [1.807, 2.05) is 26.0 Å². The molecule has 1 amide bonds. The van der Waals surface area contributed by atoms with Gasteiger partial charge in [0.05, 0.1) is 5.69 Å². The van der Waals surface area contributed by atoms with E-state index in [-0.39, 0.29) is 5.91 Å². The molecular formula is C18H16F2N2OS. The number of aryl methyl sites for hydroxylation is 2. The van der Waals surface area contributed by atoms with Gasteiger partial charge in [0.1, 0.15) is 0 Å². The van der Waals surface area contributed by atoms with Crippen molar-refractivity contribution in [2.75, 3.05) is 5.32 Å². The lowest BCUT2D eigenvalue weighted by molar-refractivity contribution is 0.102. The summed E-state index contributed by atoms with van der Waals surface area (Å²) in [6.45, 7) is 3.97. The number of halogens is 2. The van der Waals surface area contributed by atoms with Crippen LogP contribution in [0.4, 0.5) is 14.5 Å². The highest BCUT2D eigenvalue weighted by molar-refractivity contribution is 7.99. The minimum atomic E-state index is -2.54. The number of nitrogens with one attached hydrogen (secondary N) is 2. The number of rotatable bonds is 4. The second kappa shape index (κ2) is 6.65. The Labute approximate surface area is 142 Å². The molecule has 3 nitrogen and oxygen atoms in total. The lowest BCUT2D eigenvalue weighted by Gasteiger charge is -2.10. The standard InChI is InChI=1S/C18H16F2N2OS/c1-10-11(2)21-14-8-7-12(9-13(10)14)17(23)22-15-5-3-4-6-16(15)24-18(19)20/h3-9,18,21H,1-2H3,(H,22,23). The van der Waals surface area contributed by atoms with Crippen molar-refractivity contribution >= 4 is 34.3 Å². The van der Waals surface area contributed by atoms with Crippen LogP contribution in [0.5, 0.6) is 0 Å². The van der Waals surface area contributed by atoms with Gasteiger partial charge < -0.3 is 10.3 Å². The van der Waals surface area contributed by atoms with Crippen LogP contribution >= 0.6 is 11.8 Å². The first-order valence-corrected chi connectivity index (χ1v) is 8.28. The molecule has 2 N–H and O–H groups in total. The number of thioether (sulfide) groups is 1. The second-order valence-corrected chi connectivity index (χ2v) is 6.50. The SMILES string of the molecule is Cc1[nH]c2ccc(C(=O)Nc3ccccc3SC(F)F)cc2c1C. The number of aromatic amines is 1. The Kier molecular flexibility index (Phi) is 4.57. The molecule has 3 rings (SSSR count). The molecular weight excluding hydrogens is 330 g/mol. The monoisotopic (exact) mass is 346 g/mol. The zero-order valence-electron chi connectivity index (χ0n) is 13.2. The summed E-state index contributed by atoms with van der Waals surface area (Å²) in [6, 6.07) is 11.9. The summed E-state index contributed by atoms with van der Waals surface area (Å²) < 4.78 is 25.3. The Bertz CT molecular complexity index is 905. The number of fused-ring (bicyclic) bond motifs is 1. The van der Waals surface area contributed by atoms with Crippen LogP contribution in [-0.2, 0) is 0 Å². The third-order valence-corrected chi connectivity index (χ3v) is 4.71. The molecule has 0 radical (unpaired) electrons. The van der Waals surface area contributed by atoms with Crippen LogP contribution in [0.25, 0.3) is 10.9 Å². The first-order valence-electron chi connectivity index (χ1n) is 7.40. The molecule has 1 heterocycles. The number of hydrogen-bond donors (Lipinski definition) is 2. The van der Waals surface area contributed by atoms with Crippen LogP contribution in [-0.4, -0.2) is 16.6 Å². The summed E-state index contributed by atoms with van der Waals surface area (Å²) in [5.74, 6) is -2.86. The molecule has 0 atom stereocenters. The number of hydrogen-bond acceptors (Lipinski definition) is 2. The predicted molar refractivity (Wildman–Crippen MR) is 94.0 cm³/mol. The van der Waals surface area contributed by atoms with Gasteiger partial charge in [-0.15, -0.1) is 0 Å². The lowest BCUT2D eigenvalue weighted by atomic mass is 10.1. The quantitative estimate of drug-likeness (QED) is 0.625. The third kappa shape index (κ3) is 3.28. The van der Waals surface area contributed by atoms with Gasteiger partial charge in [-0.25, -0.2) is 0 Å². The van der Waals surface area contributed by atoms with Crippen molar-refractivity contribution < 1.29 is 13.6 Å². The van der Waals surface area contributed by atoms with Gasteiger partial charge in [0.25, 0.3) is 11.7 Å². The summed E-state index contributed by atoms with van der Waals surface area (Å²) in [7, 11) is 0. The van der Waals surface area contributed by atoms with Gasteiger partial charge in [-0.1, -0.05) is 23.9 Å². The van der Waals surface area contributed by atoms with Gasteiger partial charge in [-0.3, -0.25) is 4.79 Å². The Morgan fingerprint density at radius 3 is 2.67 bits per heavy atom. The highest BCUT2D eigenvalue weighted by Gasteiger charge is 2.14. The van der Waals surface area contributed by atoms with Crippen molar-refractivity contribution in [1.29, 1.82) is 0 Å². The molecule has 0 saturated carbocycles. The van der Waals surface area contributed by atoms with Crippen molar-refractivity contribution in [1.82, 2.24) is 4.98 Å². The molecule has 6 heteroatoms. The number of carbonyl (C=O) groups is 1. The summed E-state index contributed by atoms with van der Waals surface area (Å²) in [4.78, 5) is 16.1. The zero-order valence-corrected chi connectivity index (χ0v) is 14.0. The van der Waals surface area contributed by atoms with Gasteiger partial charge in [0.15, 0.2) is 0 Å². The lowest BCUT2D eigenvalue weighted by Crippen LogP contribution is -2.12. The van der Waals surface area contributed by atoms with E-state index in [2.05, 4.69) is 10.3 Å². The molecule has 0 aliphatic heterocycles. The average molecular weight is 346 g/mol. The minimum absolute atomic E-state index is 0.322. The first-order chi connectivity index (χ1) is 11.5. The Hall–Kier alpha value is -2.34. The molecule has 0 aliphatic rings. The average Bonchev–Trinajstić information content (AvgIpc) is 2.83. The summed E-state index contributed by atoms with van der Waals surface area (Å²) in [6.07, 6.45) is 0. The van der Waals surface area contributed by atoms with E-state index in [1.54, 1.807) is 30.3 Å². The van der Waals surface area contributed by atoms with Crippen LogP contribution in [0.15, 0.2) is 47.4 Å². The third-order valence-electron chi connectivity index (χ3n) is 3.92. The largest absolute Gasteiger partial charge is 0.358 e. The molecule has 3 aromatic rings. The van der Waals surface area contributed by atoms with Gasteiger partial charge >= 0.3 is 0 Å². The molecule has 0 spiro atoms. The van der Waals surface area contributed by atoms with Crippen LogP contribution in [0, 0.1) is 13.8 Å². The van der Waals surface area contributed by atoms with E-state index in [0.29, 0.717) is 27.9 Å². The molecule has 124 valence electrons. The Morgan fingerprint density at radius 1 is 1.17 bits per heavy atom. The van der Waals surface area contributed by atoms with Crippen LogP contribution in [0.3, 0.4) is 0 Å². The smallest absolute Gasteiger partial charge is 0.288 e. The van der Waals surface area contributed by atoms with E-state index in [9.17, 15) is 13.6 Å². The molecule has 0 saturated heterocycles. The van der Waals surface area contributed by atoms with Crippen LogP contribution < -0.4 is 5.32 Å². The van der Waals surface area contributed by atoms with Crippen molar-refractivity contribution in [2.45, 2.75) is 24.5 Å². The molecule has 24 heavy (non-hydrogen) atoms. The molecule has 0 aliphatic carbocycles. The fraction of sp³-hybridized carbons (Fsp3) is 0.167. The van der Waals surface area contributed by atoms with Crippen molar-refractivity contribution in [3.63, 3.8) is 0 Å². The molecule has 2 aromatic carbocycles. The van der Waals surface area contributed by atoms with Gasteiger partial charge in [0.2, 0.25) is 0 Å². The van der Waals surface area contributed by atoms with Crippen molar-refractivity contribution in [2.24, 2.45) is 0 Å². The van der Waals surface area contributed by atoms with Crippen LogP contribution in [0.1, 0.15) is 21.6 Å². The minimum Gasteiger partial charge on any atom is -0.358 e. The Morgan fingerprint density at radius 2 is 1.92 bits per heavy atom. The molecule has 0 bridgehead atoms. The summed E-state index contributed by atoms with van der Waals surface area (Å²) in [5, 5.41) is 3.70. The predicted octanol–water partition coefficient (Wildman–Crippen LogP) is 5.35. The van der Waals surface area contributed by atoms with Crippen molar-refractivity contribution in [3.8, 4) is 0 Å². The number of alkyl halides is 2. The maximum absolute atomic E-state index is 12.6. The fourth-order valence-electron chi connectivity index (χ4n) is 2.57. The van der Waals surface area contributed by atoms with E-state index in [1.165, 1.54) is 0 Å². The summed E-state index contributed by atoms with van der Waals surface area (Å²) >= 11 is 0.418. The second-order valence-electron chi connectivity index (χ2n) is 5.46. The Balaban J connectivity index is 1.89.